The molecule has 134 valence electrons. The molecule has 3 aromatic rings. The average Bonchev–Trinajstić information content (AvgIpc) is 3.32. The summed E-state index contributed by atoms with van der Waals surface area (Å²) in [6.45, 7) is 2.12. The minimum atomic E-state index is 0.0375. The van der Waals surface area contributed by atoms with Crippen molar-refractivity contribution in [2.45, 2.75) is 24.4 Å². The first-order valence-electron chi connectivity index (χ1n) is 9.55. The van der Waals surface area contributed by atoms with Crippen LogP contribution in [0.3, 0.4) is 0 Å². The molecule has 5 rings (SSSR count). The molecule has 1 fully saturated rings. The summed E-state index contributed by atoms with van der Waals surface area (Å²) in [7, 11) is 4.24. The third-order valence-corrected chi connectivity index (χ3v) is 6.39. The van der Waals surface area contributed by atoms with Gasteiger partial charge in [-0.3, -0.25) is 4.90 Å². The monoisotopic (exact) mass is 346 g/mol. The van der Waals surface area contributed by atoms with E-state index in [1.54, 1.807) is 0 Å². The summed E-state index contributed by atoms with van der Waals surface area (Å²) >= 11 is 0. The second-order valence-electron chi connectivity index (χ2n) is 7.72. The molecule has 2 aliphatic heterocycles. The average molecular weight is 346 g/mol. The second-order valence-corrected chi connectivity index (χ2v) is 7.72. The van der Waals surface area contributed by atoms with E-state index >= 15 is 0 Å². The van der Waals surface area contributed by atoms with Crippen molar-refractivity contribution in [1.29, 1.82) is 0 Å². The molecule has 4 heteroatoms. The van der Waals surface area contributed by atoms with Gasteiger partial charge in [-0.2, -0.15) is 0 Å². The molecule has 1 saturated heterocycles. The molecule has 0 aliphatic carbocycles. The largest absolute Gasteiger partial charge is 0.368 e. The topological polar surface area (TPSA) is 43.1 Å². The number of nitrogens with one attached hydrogen (secondary N) is 3. The van der Waals surface area contributed by atoms with Crippen LogP contribution in [0.5, 0.6) is 0 Å². The Labute approximate surface area is 154 Å². The zero-order chi connectivity index (χ0) is 17.7. The van der Waals surface area contributed by atoms with Gasteiger partial charge in [-0.25, -0.2) is 0 Å². The van der Waals surface area contributed by atoms with Gasteiger partial charge in [0.25, 0.3) is 0 Å². The van der Waals surface area contributed by atoms with Crippen molar-refractivity contribution in [2.75, 3.05) is 32.5 Å². The highest BCUT2D eigenvalue weighted by molar-refractivity contribution is 5.85. The molecular formula is C22H26N4. The van der Waals surface area contributed by atoms with Crippen molar-refractivity contribution in [3.63, 3.8) is 0 Å². The number of likely N-dealkylation sites (N-methyl/N-ethyl adjacent to an activating group) is 2. The Bertz CT molecular complexity index is 960. The van der Waals surface area contributed by atoms with Crippen LogP contribution in [0.15, 0.2) is 48.7 Å². The number of aromatic amines is 1. The molecule has 2 aliphatic rings. The summed E-state index contributed by atoms with van der Waals surface area (Å²) in [5.41, 5.74) is 6.82. The standard InChI is InChI=1S/C22H26N4/c1-23-11-9-15-14-24-20-13-16(7-8-17(15)20)22-10-12-26(2)21(22)25-19-6-4-3-5-18(19)22/h3-8,13-14,21,23-25H,9-12H2,1-2H3/t21-,22+/m1/s1. The number of nitrogens with zero attached hydrogens (tertiary/aromatic N) is 1. The Morgan fingerprint density at radius 1 is 1.23 bits per heavy atom. The number of hydrogen-bond donors (Lipinski definition) is 3. The molecule has 3 N–H and O–H groups in total. The second kappa shape index (κ2) is 5.86. The smallest absolute Gasteiger partial charge is 0.0932 e. The van der Waals surface area contributed by atoms with Gasteiger partial charge in [-0.15, -0.1) is 0 Å². The van der Waals surface area contributed by atoms with E-state index in [0.717, 1.165) is 25.9 Å². The van der Waals surface area contributed by atoms with E-state index in [9.17, 15) is 0 Å². The van der Waals surface area contributed by atoms with Crippen LogP contribution in [-0.4, -0.2) is 43.2 Å². The highest BCUT2D eigenvalue weighted by Crippen LogP contribution is 2.52. The van der Waals surface area contributed by atoms with E-state index in [4.69, 9.17) is 0 Å². The lowest BCUT2D eigenvalue weighted by Gasteiger charge is -2.32. The van der Waals surface area contributed by atoms with Gasteiger partial charge < -0.3 is 15.6 Å². The van der Waals surface area contributed by atoms with Gasteiger partial charge in [-0.1, -0.05) is 30.3 Å². The Balaban J connectivity index is 1.64. The molecule has 0 amide bonds. The zero-order valence-corrected chi connectivity index (χ0v) is 15.5. The van der Waals surface area contributed by atoms with Gasteiger partial charge in [0.05, 0.1) is 11.6 Å². The maximum absolute atomic E-state index is 3.77. The SMILES string of the molecule is CNCCc1c[nH]c2cc([C@]34CCN(C)[C@H]3Nc3ccccc34)ccc12. The summed E-state index contributed by atoms with van der Waals surface area (Å²) in [6, 6.07) is 15.9. The summed E-state index contributed by atoms with van der Waals surface area (Å²) in [5.74, 6) is 0. The first kappa shape index (κ1) is 15.9. The van der Waals surface area contributed by atoms with Gasteiger partial charge in [0.2, 0.25) is 0 Å². The predicted octanol–water partition coefficient (Wildman–Crippen LogP) is 3.30. The third-order valence-electron chi connectivity index (χ3n) is 6.39. The lowest BCUT2D eigenvalue weighted by molar-refractivity contribution is 0.307. The molecule has 0 unspecified atom stereocenters. The van der Waals surface area contributed by atoms with E-state index in [1.165, 1.54) is 33.3 Å². The quantitative estimate of drug-likeness (QED) is 0.679. The van der Waals surface area contributed by atoms with Crippen LogP contribution in [0, 0.1) is 0 Å². The van der Waals surface area contributed by atoms with Crippen LogP contribution >= 0.6 is 0 Å². The molecule has 2 atom stereocenters. The first-order chi connectivity index (χ1) is 12.7. The van der Waals surface area contributed by atoms with E-state index in [2.05, 4.69) is 76.2 Å². The van der Waals surface area contributed by atoms with Gasteiger partial charge in [0, 0.05) is 29.3 Å². The zero-order valence-electron chi connectivity index (χ0n) is 15.5. The minimum Gasteiger partial charge on any atom is -0.368 e. The molecule has 2 aromatic carbocycles. The predicted molar refractivity (Wildman–Crippen MR) is 108 cm³/mol. The van der Waals surface area contributed by atoms with Crippen molar-refractivity contribution in [1.82, 2.24) is 15.2 Å². The van der Waals surface area contributed by atoms with Crippen LogP contribution in [0.25, 0.3) is 10.9 Å². The van der Waals surface area contributed by atoms with E-state index in [1.807, 2.05) is 7.05 Å². The van der Waals surface area contributed by atoms with Crippen LogP contribution < -0.4 is 10.6 Å². The Morgan fingerprint density at radius 3 is 3.00 bits per heavy atom. The van der Waals surface area contributed by atoms with Crippen LogP contribution in [0.2, 0.25) is 0 Å². The molecule has 26 heavy (non-hydrogen) atoms. The van der Waals surface area contributed by atoms with E-state index in [0.29, 0.717) is 6.17 Å². The minimum absolute atomic E-state index is 0.0375. The molecule has 3 heterocycles. The molecule has 0 spiro atoms. The maximum atomic E-state index is 3.77. The summed E-state index contributed by atoms with van der Waals surface area (Å²) in [4.78, 5) is 5.97. The molecule has 4 nitrogen and oxygen atoms in total. The van der Waals surface area contributed by atoms with Crippen LogP contribution in [0.4, 0.5) is 5.69 Å². The maximum Gasteiger partial charge on any atom is 0.0932 e. The molecular weight excluding hydrogens is 320 g/mol. The molecule has 0 bridgehead atoms. The van der Waals surface area contributed by atoms with Crippen molar-refractivity contribution >= 4 is 16.6 Å². The fourth-order valence-corrected chi connectivity index (χ4v) is 5.04. The fourth-order valence-electron chi connectivity index (χ4n) is 5.04. The molecule has 1 aromatic heterocycles. The fraction of sp³-hybridized carbons (Fsp3) is 0.364. The number of rotatable bonds is 4. The van der Waals surface area contributed by atoms with Crippen molar-refractivity contribution in [2.24, 2.45) is 0 Å². The summed E-state index contributed by atoms with van der Waals surface area (Å²) < 4.78 is 0. The van der Waals surface area contributed by atoms with Gasteiger partial charge in [0.1, 0.15) is 0 Å². The number of fused-ring (bicyclic) bond motifs is 4. The lowest BCUT2D eigenvalue weighted by atomic mass is 9.73. The van der Waals surface area contributed by atoms with Gasteiger partial charge >= 0.3 is 0 Å². The number of para-hydroxylation sites is 1. The van der Waals surface area contributed by atoms with Crippen molar-refractivity contribution < 1.29 is 0 Å². The molecule has 0 saturated carbocycles. The summed E-state index contributed by atoms with van der Waals surface area (Å²) in [6.07, 6.45) is 4.70. The number of likely N-dealkylation sites (tertiary alicyclic amines) is 1. The van der Waals surface area contributed by atoms with Crippen LogP contribution in [-0.2, 0) is 11.8 Å². The third kappa shape index (κ3) is 2.09. The van der Waals surface area contributed by atoms with Gasteiger partial charge in [0.15, 0.2) is 0 Å². The van der Waals surface area contributed by atoms with Crippen LogP contribution in [0.1, 0.15) is 23.1 Å². The Hall–Kier alpha value is -2.30. The number of benzene rings is 2. The first-order valence-corrected chi connectivity index (χ1v) is 9.55. The number of anilines is 1. The Morgan fingerprint density at radius 2 is 2.12 bits per heavy atom. The summed E-state index contributed by atoms with van der Waals surface area (Å²) in [5, 5.41) is 8.37. The highest BCUT2D eigenvalue weighted by Gasteiger charge is 2.53. The number of H-pyrrole nitrogens is 1. The normalized spacial score (nSPS) is 24.6. The number of aromatic nitrogens is 1. The lowest BCUT2D eigenvalue weighted by Crippen LogP contribution is -2.42. The van der Waals surface area contributed by atoms with E-state index < -0.39 is 0 Å². The number of hydrogen-bond acceptors (Lipinski definition) is 3. The molecule has 0 radical (unpaired) electrons. The van der Waals surface area contributed by atoms with Crippen molar-refractivity contribution in [3.8, 4) is 0 Å². The van der Waals surface area contributed by atoms with E-state index in [-0.39, 0.29) is 5.41 Å². The van der Waals surface area contributed by atoms with Gasteiger partial charge in [-0.05, 0) is 62.3 Å². The van der Waals surface area contributed by atoms with Crippen molar-refractivity contribution in [3.05, 3.63) is 65.4 Å². The Kier molecular flexibility index (Phi) is 3.59. The highest BCUT2D eigenvalue weighted by atomic mass is 15.3.